The number of nitrogens with one attached hydrogen (secondary N) is 1. The van der Waals surface area contributed by atoms with Gasteiger partial charge in [-0.3, -0.25) is 0 Å². The fourth-order valence-corrected chi connectivity index (χ4v) is 5.59. The van der Waals surface area contributed by atoms with Crippen LogP contribution >= 0.6 is 24.8 Å². The van der Waals surface area contributed by atoms with Crippen molar-refractivity contribution in [1.82, 2.24) is 10.2 Å². The summed E-state index contributed by atoms with van der Waals surface area (Å²) in [5.74, 6) is 1.21. The lowest BCUT2D eigenvalue weighted by Gasteiger charge is -2.44. The molecule has 3 aliphatic rings. The molecule has 0 amide bonds. The van der Waals surface area contributed by atoms with Crippen molar-refractivity contribution in [2.75, 3.05) is 50.8 Å². The van der Waals surface area contributed by atoms with Crippen LogP contribution in [0, 0.1) is 5.92 Å². The number of halogens is 2. The predicted octanol–water partition coefficient (Wildman–Crippen LogP) is 1.11. The Labute approximate surface area is 146 Å². The number of ether oxygens (including phenoxy) is 1. The molecule has 5 nitrogen and oxygen atoms in total. The average molecular weight is 375 g/mol. The first-order valence-corrected chi connectivity index (χ1v) is 9.67. The van der Waals surface area contributed by atoms with Gasteiger partial charge in [-0.15, -0.1) is 24.8 Å². The summed E-state index contributed by atoms with van der Waals surface area (Å²) in [7, 11) is -2.72. The van der Waals surface area contributed by atoms with E-state index in [4.69, 9.17) is 4.74 Å². The summed E-state index contributed by atoms with van der Waals surface area (Å²) in [4.78, 5) is 2.48. The van der Waals surface area contributed by atoms with E-state index in [2.05, 4.69) is 10.2 Å². The fraction of sp³-hybridized carbons (Fsp3) is 1.00. The summed E-state index contributed by atoms with van der Waals surface area (Å²) in [5.41, 5.74) is 0.0748. The van der Waals surface area contributed by atoms with E-state index >= 15 is 0 Å². The second-order valence-electron chi connectivity index (χ2n) is 6.61. The van der Waals surface area contributed by atoms with Crippen LogP contribution in [0.3, 0.4) is 0 Å². The van der Waals surface area contributed by atoms with Gasteiger partial charge in [0.1, 0.15) is 0 Å². The maximum Gasteiger partial charge on any atom is 0.150 e. The third-order valence-electron chi connectivity index (χ3n) is 5.08. The summed E-state index contributed by atoms with van der Waals surface area (Å²) in [6.45, 7) is 6.01. The molecule has 22 heavy (non-hydrogen) atoms. The summed E-state index contributed by atoms with van der Waals surface area (Å²) in [6, 6.07) is 0. The van der Waals surface area contributed by atoms with Gasteiger partial charge in [0.15, 0.2) is 9.84 Å². The van der Waals surface area contributed by atoms with Gasteiger partial charge < -0.3 is 15.0 Å². The molecule has 0 aromatic rings. The number of morpholine rings is 1. The van der Waals surface area contributed by atoms with Crippen LogP contribution in [0.4, 0.5) is 0 Å². The van der Waals surface area contributed by atoms with Gasteiger partial charge in [0.25, 0.3) is 0 Å². The zero-order chi connectivity index (χ0) is 14.1. The van der Waals surface area contributed by atoms with Crippen molar-refractivity contribution >= 4 is 34.7 Å². The molecule has 3 saturated heterocycles. The van der Waals surface area contributed by atoms with Crippen molar-refractivity contribution in [3.63, 3.8) is 0 Å². The SMILES string of the molecule is Cl.Cl.O=S1(=O)CCC(CCN2CCC3(CC2)CNCCO3)C1. The zero-order valence-corrected chi connectivity index (χ0v) is 15.4. The molecule has 1 spiro atoms. The smallest absolute Gasteiger partial charge is 0.150 e. The molecule has 132 valence electrons. The Morgan fingerprint density at radius 2 is 1.95 bits per heavy atom. The molecule has 3 aliphatic heterocycles. The van der Waals surface area contributed by atoms with Crippen LogP contribution in [0.25, 0.3) is 0 Å². The van der Waals surface area contributed by atoms with Crippen LogP contribution in [-0.2, 0) is 14.6 Å². The van der Waals surface area contributed by atoms with Crippen molar-refractivity contribution in [3.8, 4) is 0 Å². The van der Waals surface area contributed by atoms with E-state index in [9.17, 15) is 8.42 Å². The number of piperidine rings is 1. The molecule has 0 saturated carbocycles. The Balaban J connectivity index is 0.00000121. The van der Waals surface area contributed by atoms with Crippen molar-refractivity contribution in [2.45, 2.75) is 31.3 Å². The van der Waals surface area contributed by atoms with Gasteiger partial charge in [-0.25, -0.2) is 8.42 Å². The Kier molecular flexibility index (Phi) is 7.89. The third-order valence-corrected chi connectivity index (χ3v) is 6.92. The number of likely N-dealkylation sites (tertiary alicyclic amines) is 1. The molecule has 0 aliphatic carbocycles. The van der Waals surface area contributed by atoms with Crippen LogP contribution < -0.4 is 5.32 Å². The average Bonchev–Trinajstić information content (AvgIpc) is 2.79. The van der Waals surface area contributed by atoms with Crippen LogP contribution in [0.1, 0.15) is 25.7 Å². The van der Waals surface area contributed by atoms with E-state index in [0.717, 1.165) is 65.0 Å². The van der Waals surface area contributed by atoms with Crippen molar-refractivity contribution < 1.29 is 13.2 Å². The molecule has 0 radical (unpaired) electrons. The molecule has 3 fully saturated rings. The highest BCUT2D eigenvalue weighted by atomic mass is 35.5. The van der Waals surface area contributed by atoms with Gasteiger partial charge in [-0.05, 0) is 38.1 Å². The van der Waals surface area contributed by atoms with Gasteiger partial charge in [0, 0.05) is 26.2 Å². The van der Waals surface area contributed by atoms with Crippen LogP contribution in [-0.4, -0.2) is 69.8 Å². The maximum absolute atomic E-state index is 11.5. The molecule has 3 heterocycles. The quantitative estimate of drug-likeness (QED) is 0.801. The molecule has 1 unspecified atom stereocenters. The van der Waals surface area contributed by atoms with Gasteiger partial charge in [0.05, 0.1) is 23.7 Å². The second-order valence-corrected chi connectivity index (χ2v) is 8.84. The van der Waals surface area contributed by atoms with Gasteiger partial charge in [0.2, 0.25) is 0 Å². The maximum atomic E-state index is 11.5. The summed E-state index contributed by atoms with van der Waals surface area (Å²) >= 11 is 0. The summed E-state index contributed by atoms with van der Waals surface area (Å²) < 4.78 is 28.9. The lowest BCUT2D eigenvalue weighted by atomic mass is 9.89. The standard InChI is InChI=1S/C14H26N2O3S.2ClH/c17-20(18)10-2-13(11-20)1-6-16-7-3-14(4-8-16)12-15-5-9-19-14;;/h13,15H,1-12H2;2*1H. The number of rotatable bonds is 3. The van der Waals surface area contributed by atoms with Gasteiger partial charge in [-0.2, -0.15) is 0 Å². The normalized spacial score (nSPS) is 30.5. The molecule has 1 N–H and O–H groups in total. The molecule has 3 rings (SSSR count). The first-order valence-electron chi connectivity index (χ1n) is 7.84. The van der Waals surface area contributed by atoms with E-state index in [1.807, 2.05) is 0 Å². The lowest BCUT2D eigenvalue weighted by Crippen LogP contribution is -2.55. The van der Waals surface area contributed by atoms with Crippen molar-refractivity contribution in [2.24, 2.45) is 5.92 Å². The topological polar surface area (TPSA) is 58.6 Å². The summed E-state index contributed by atoms with van der Waals surface area (Å²) in [6.07, 6.45) is 4.10. The largest absolute Gasteiger partial charge is 0.372 e. The van der Waals surface area contributed by atoms with Crippen LogP contribution in [0.15, 0.2) is 0 Å². The van der Waals surface area contributed by atoms with Crippen molar-refractivity contribution in [3.05, 3.63) is 0 Å². The highest BCUT2D eigenvalue weighted by molar-refractivity contribution is 7.91. The first kappa shape index (κ1) is 20.5. The molecule has 1 atom stereocenters. The van der Waals surface area contributed by atoms with Crippen LogP contribution in [0.5, 0.6) is 0 Å². The molecular formula is C14H28Cl2N2O3S. The summed E-state index contributed by atoms with van der Waals surface area (Å²) in [5, 5.41) is 3.44. The first-order chi connectivity index (χ1) is 9.57. The van der Waals surface area contributed by atoms with Crippen LogP contribution in [0.2, 0.25) is 0 Å². The minimum atomic E-state index is -2.72. The molecule has 0 aromatic carbocycles. The van der Waals surface area contributed by atoms with E-state index in [-0.39, 0.29) is 30.4 Å². The monoisotopic (exact) mass is 374 g/mol. The Bertz CT molecular complexity index is 431. The fourth-order valence-electron chi connectivity index (χ4n) is 3.68. The molecular weight excluding hydrogens is 347 g/mol. The molecule has 0 bridgehead atoms. The Morgan fingerprint density at radius 1 is 1.23 bits per heavy atom. The minimum Gasteiger partial charge on any atom is -0.372 e. The Hall–Kier alpha value is 0.410. The number of hydrogen-bond donors (Lipinski definition) is 1. The second kappa shape index (κ2) is 8.49. The molecule has 0 aromatic heterocycles. The number of hydrogen-bond acceptors (Lipinski definition) is 5. The van der Waals surface area contributed by atoms with E-state index in [1.54, 1.807) is 0 Å². The highest BCUT2D eigenvalue weighted by Crippen LogP contribution is 2.28. The predicted molar refractivity (Wildman–Crippen MR) is 93.1 cm³/mol. The zero-order valence-electron chi connectivity index (χ0n) is 13.0. The lowest BCUT2D eigenvalue weighted by molar-refractivity contribution is -0.0998. The van der Waals surface area contributed by atoms with Gasteiger partial charge >= 0.3 is 0 Å². The third kappa shape index (κ3) is 5.21. The minimum absolute atomic E-state index is 0. The number of nitrogens with zero attached hydrogens (tertiary/aromatic N) is 1. The van der Waals surface area contributed by atoms with E-state index in [1.165, 1.54) is 0 Å². The van der Waals surface area contributed by atoms with E-state index < -0.39 is 9.84 Å². The van der Waals surface area contributed by atoms with E-state index in [0.29, 0.717) is 17.4 Å². The highest BCUT2D eigenvalue weighted by Gasteiger charge is 2.37. The number of sulfone groups is 1. The van der Waals surface area contributed by atoms with Gasteiger partial charge in [-0.1, -0.05) is 0 Å². The Morgan fingerprint density at radius 3 is 2.50 bits per heavy atom. The van der Waals surface area contributed by atoms with Crippen molar-refractivity contribution in [1.29, 1.82) is 0 Å². The molecule has 8 heteroatoms.